The Labute approximate surface area is 82.7 Å². The van der Waals surface area contributed by atoms with Crippen molar-refractivity contribution >= 4 is 0 Å². The minimum absolute atomic E-state index is 0.221. The molecular formula is C9H15N3O2. The SMILES string of the molecule is C[C@@H]1C[C@H](O)CN(Cc2ncno2)C1. The molecule has 1 fully saturated rings. The molecule has 0 radical (unpaired) electrons. The van der Waals surface area contributed by atoms with E-state index < -0.39 is 0 Å². The monoisotopic (exact) mass is 197 g/mol. The van der Waals surface area contributed by atoms with Crippen molar-refractivity contribution in [3.63, 3.8) is 0 Å². The van der Waals surface area contributed by atoms with E-state index in [9.17, 15) is 5.11 Å². The van der Waals surface area contributed by atoms with Crippen LogP contribution in [0.3, 0.4) is 0 Å². The molecule has 0 unspecified atom stereocenters. The highest BCUT2D eigenvalue weighted by molar-refractivity contribution is 4.81. The Morgan fingerprint density at radius 2 is 2.50 bits per heavy atom. The fourth-order valence-electron chi connectivity index (χ4n) is 2.01. The molecule has 0 aromatic carbocycles. The topological polar surface area (TPSA) is 62.4 Å². The van der Waals surface area contributed by atoms with Crippen LogP contribution in [0, 0.1) is 5.92 Å². The number of piperidine rings is 1. The molecule has 2 rings (SSSR count). The molecule has 2 heterocycles. The van der Waals surface area contributed by atoms with Crippen molar-refractivity contribution in [3.05, 3.63) is 12.2 Å². The number of β-amino-alcohol motifs (C(OH)–C–C–N with tert-alkyl or cyclic N) is 1. The molecule has 5 heteroatoms. The lowest BCUT2D eigenvalue weighted by Crippen LogP contribution is -2.41. The van der Waals surface area contributed by atoms with Gasteiger partial charge in [0.25, 0.3) is 0 Å². The van der Waals surface area contributed by atoms with E-state index in [1.807, 2.05) is 0 Å². The van der Waals surface area contributed by atoms with Crippen LogP contribution in [0.2, 0.25) is 0 Å². The number of rotatable bonds is 2. The molecule has 1 N–H and O–H groups in total. The summed E-state index contributed by atoms with van der Waals surface area (Å²) in [5, 5.41) is 13.1. The van der Waals surface area contributed by atoms with Gasteiger partial charge in [-0.05, 0) is 12.3 Å². The van der Waals surface area contributed by atoms with Crippen LogP contribution in [-0.4, -0.2) is 39.3 Å². The summed E-state index contributed by atoms with van der Waals surface area (Å²) in [5.74, 6) is 1.15. The van der Waals surface area contributed by atoms with Crippen molar-refractivity contribution in [2.45, 2.75) is 26.0 Å². The van der Waals surface area contributed by atoms with Gasteiger partial charge in [0, 0.05) is 13.1 Å². The zero-order chi connectivity index (χ0) is 9.97. The zero-order valence-corrected chi connectivity index (χ0v) is 8.26. The molecule has 14 heavy (non-hydrogen) atoms. The number of nitrogens with zero attached hydrogens (tertiary/aromatic N) is 3. The Bertz CT molecular complexity index is 266. The normalized spacial score (nSPS) is 29.3. The molecule has 5 nitrogen and oxygen atoms in total. The van der Waals surface area contributed by atoms with Crippen LogP contribution in [0.25, 0.3) is 0 Å². The van der Waals surface area contributed by atoms with Gasteiger partial charge in [0.2, 0.25) is 5.89 Å². The molecule has 0 bridgehead atoms. The predicted molar refractivity (Wildman–Crippen MR) is 49.4 cm³/mol. The lowest BCUT2D eigenvalue weighted by molar-refractivity contribution is 0.0360. The van der Waals surface area contributed by atoms with Crippen molar-refractivity contribution in [1.29, 1.82) is 0 Å². The first-order valence-corrected chi connectivity index (χ1v) is 4.90. The highest BCUT2D eigenvalue weighted by Gasteiger charge is 2.23. The first-order valence-electron chi connectivity index (χ1n) is 4.90. The fourth-order valence-corrected chi connectivity index (χ4v) is 2.01. The molecule has 1 aromatic rings. The van der Waals surface area contributed by atoms with E-state index in [0.29, 0.717) is 24.9 Å². The van der Waals surface area contributed by atoms with Gasteiger partial charge in [0.05, 0.1) is 12.6 Å². The van der Waals surface area contributed by atoms with E-state index in [2.05, 4.69) is 22.0 Å². The number of aliphatic hydroxyl groups is 1. The molecule has 2 atom stereocenters. The van der Waals surface area contributed by atoms with Gasteiger partial charge in [-0.25, -0.2) is 0 Å². The van der Waals surface area contributed by atoms with Gasteiger partial charge in [-0.15, -0.1) is 0 Å². The van der Waals surface area contributed by atoms with Gasteiger partial charge in [-0.3, -0.25) is 4.90 Å². The van der Waals surface area contributed by atoms with E-state index in [4.69, 9.17) is 4.52 Å². The summed E-state index contributed by atoms with van der Waals surface area (Å²) < 4.78 is 4.92. The van der Waals surface area contributed by atoms with Crippen LogP contribution in [0.1, 0.15) is 19.2 Å². The first-order chi connectivity index (χ1) is 6.74. The standard InChI is InChI=1S/C9H15N3O2/c1-7-2-8(13)4-12(3-7)5-9-10-6-11-14-9/h6-8,13H,2-5H2,1H3/t7-,8+/m1/s1. The molecule has 0 spiro atoms. The van der Waals surface area contributed by atoms with Crippen LogP contribution in [0.5, 0.6) is 0 Å². The lowest BCUT2D eigenvalue weighted by Gasteiger charge is -2.32. The van der Waals surface area contributed by atoms with Gasteiger partial charge in [-0.2, -0.15) is 4.98 Å². The van der Waals surface area contributed by atoms with Gasteiger partial charge in [0.1, 0.15) is 0 Å². The maximum Gasteiger partial charge on any atom is 0.240 e. The number of hydrogen-bond acceptors (Lipinski definition) is 5. The van der Waals surface area contributed by atoms with Crippen molar-refractivity contribution in [3.8, 4) is 0 Å². The average Bonchev–Trinajstić information content (AvgIpc) is 2.54. The summed E-state index contributed by atoms with van der Waals surface area (Å²) in [6.45, 7) is 4.47. The zero-order valence-electron chi connectivity index (χ0n) is 8.26. The summed E-state index contributed by atoms with van der Waals surface area (Å²) in [4.78, 5) is 6.10. The Hall–Kier alpha value is -0.940. The van der Waals surface area contributed by atoms with E-state index in [1.54, 1.807) is 0 Å². The summed E-state index contributed by atoms with van der Waals surface area (Å²) in [7, 11) is 0. The smallest absolute Gasteiger partial charge is 0.240 e. The second kappa shape index (κ2) is 4.06. The first kappa shape index (κ1) is 9.61. The Balaban J connectivity index is 1.91. The second-order valence-electron chi connectivity index (χ2n) is 4.02. The molecular weight excluding hydrogens is 182 g/mol. The van der Waals surface area contributed by atoms with Gasteiger partial charge >= 0.3 is 0 Å². The van der Waals surface area contributed by atoms with Crippen molar-refractivity contribution in [2.75, 3.05) is 13.1 Å². The van der Waals surface area contributed by atoms with Gasteiger partial charge in [0.15, 0.2) is 6.33 Å². The van der Waals surface area contributed by atoms with E-state index in [1.165, 1.54) is 6.33 Å². The largest absolute Gasteiger partial charge is 0.392 e. The Kier molecular flexibility index (Phi) is 2.79. The highest BCUT2D eigenvalue weighted by atomic mass is 16.5. The number of likely N-dealkylation sites (tertiary alicyclic amines) is 1. The third-order valence-electron chi connectivity index (χ3n) is 2.48. The maximum absolute atomic E-state index is 9.57. The third-order valence-corrected chi connectivity index (χ3v) is 2.48. The summed E-state index contributed by atoms with van der Waals surface area (Å²) in [6.07, 6.45) is 2.07. The number of aliphatic hydroxyl groups excluding tert-OH is 1. The van der Waals surface area contributed by atoms with Crippen molar-refractivity contribution < 1.29 is 9.63 Å². The van der Waals surface area contributed by atoms with Crippen molar-refractivity contribution in [2.24, 2.45) is 5.92 Å². The molecule has 1 aromatic heterocycles. The second-order valence-corrected chi connectivity index (χ2v) is 4.02. The van der Waals surface area contributed by atoms with Gasteiger partial charge in [-0.1, -0.05) is 12.1 Å². The number of aromatic nitrogens is 2. The molecule has 0 amide bonds. The molecule has 0 saturated carbocycles. The minimum Gasteiger partial charge on any atom is -0.392 e. The fraction of sp³-hybridized carbons (Fsp3) is 0.778. The summed E-state index contributed by atoms with van der Waals surface area (Å²) in [5.41, 5.74) is 0. The quantitative estimate of drug-likeness (QED) is 0.737. The molecule has 1 saturated heterocycles. The summed E-state index contributed by atoms with van der Waals surface area (Å²) >= 11 is 0. The van der Waals surface area contributed by atoms with Crippen LogP contribution in [0.4, 0.5) is 0 Å². The average molecular weight is 197 g/mol. The highest BCUT2D eigenvalue weighted by Crippen LogP contribution is 2.17. The Morgan fingerprint density at radius 1 is 1.64 bits per heavy atom. The lowest BCUT2D eigenvalue weighted by atomic mass is 9.98. The van der Waals surface area contributed by atoms with Crippen LogP contribution in [0.15, 0.2) is 10.9 Å². The van der Waals surface area contributed by atoms with Crippen molar-refractivity contribution in [1.82, 2.24) is 15.0 Å². The Morgan fingerprint density at radius 3 is 3.14 bits per heavy atom. The number of hydrogen-bond donors (Lipinski definition) is 1. The van der Waals surface area contributed by atoms with Gasteiger partial charge < -0.3 is 9.63 Å². The molecule has 1 aliphatic heterocycles. The van der Waals surface area contributed by atoms with Crippen LogP contribution in [-0.2, 0) is 6.54 Å². The molecule has 78 valence electrons. The summed E-state index contributed by atoms with van der Waals surface area (Å²) in [6, 6.07) is 0. The maximum atomic E-state index is 9.57. The van der Waals surface area contributed by atoms with Crippen LogP contribution < -0.4 is 0 Å². The van der Waals surface area contributed by atoms with E-state index in [0.717, 1.165) is 13.0 Å². The molecule has 0 aliphatic carbocycles. The molecule has 1 aliphatic rings. The van der Waals surface area contributed by atoms with E-state index >= 15 is 0 Å². The minimum atomic E-state index is -0.221. The predicted octanol–water partition coefficient (Wildman–Crippen LogP) is 0.272. The third kappa shape index (κ3) is 2.30. The van der Waals surface area contributed by atoms with E-state index in [-0.39, 0.29) is 6.10 Å². The van der Waals surface area contributed by atoms with Crippen LogP contribution >= 0.6 is 0 Å².